The zero-order valence-corrected chi connectivity index (χ0v) is 5.15. The summed E-state index contributed by atoms with van der Waals surface area (Å²) < 4.78 is 60.4. The molecule has 4 unspecified atom stereocenters. The van der Waals surface area contributed by atoms with Crippen LogP contribution in [0.2, 0.25) is 0 Å². The average Bonchev–Trinajstić information content (AvgIpc) is 1.97. The number of aliphatic imine (C=N–C) groups is 1. The van der Waals surface area contributed by atoms with E-state index in [9.17, 15) is 22.0 Å². The predicted octanol–water partition coefficient (Wildman–Crippen LogP) is 1.68. The van der Waals surface area contributed by atoms with Crippen molar-refractivity contribution in [3.8, 4) is 0 Å². The third-order valence-corrected chi connectivity index (χ3v) is 1.32. The van der Waals surface area contributed by atoms with E-state index in [2.05, 4.69) is 4.99 Å². The van der Waals surface area contributed by atoms with Crippen molar-refractivity contribution in [1.29, 1.82) is 0 Å². The molecule has 0 aromatic carbocycles. The molecule has 4 atom stereocenters. The number of alkyl halides is 4. The highest BCUT2D eigenvalue weighted by Crippen LogP contribution is 2.24. The summed E-state index contributed by atoms with van der Waals surface area (Å²) in [7, 11) is 0. The topological polar surface area (TPSA) is 12.4 Å². The van der Waals surface area contributed by atoms with Gasteiger partial charge in [0.15, 0.2) is 12.3 Å². The van der Waals surface area contributed by atoms with Gasteiger partial charge in [-0.25, -0.2) is 22.6 Å². The highest BCUT2D eigenvalue weighted by atomic mass is 19.2. The monoisotopic (exact) mass is 173 g/mol. The van der Waals surface area contributed by atoms with Gasteiger partial charge >= 0.3 is 0 Å². The maximum Gasteiger partial charge on any atom is 0.226 e. The smallest absolute Gasteiger partial charge is 0.226 e. The van der Waals surface area contributed by atoms with Crippen molar-refractivity contribution in [2.45, 2.75) is 24.8 Å². The van der Waals surface area contributed by atoms with Crippen LogP contribution in [0.15, 0.2) is 4.99 Å². The molecule has 1 heterocycles. The second kappa shape index (κ2) is 2.75. The molecule has 6 heteroatoms. The maximum absolute atomic E-state index is 12.2. The van der Waals surface area contributed by atoms with E-state index in [4.69, 9.17) is 0 Å². The van der Waals surface area contributed by atoms with Crippen molar-refractivity contribution in [3.05, 3.63) is 0 Å². The van der Waals surface area contributed by atoms with E-state index < -0.39 is 30.8 Å². The normalized spacial score (nSPS) is 45.4. The Morgan fingerprint density at radius 3 is 2.09 bits per heavy atom. The summed E-state index contributed by atoms with van der Waals surface area (Å²) in [5.41, 5.74) is 0. The van der Waals surface area contributed by atoms with Crippen molar-refractivity contribution in [1.82, 2.24) is 0 Å². The lowest BCUT2D eigenvalue weighted by atomic mass is 10.1. The van der Waals surface area contributed by atoms with Crippen molar-refractivity contribution in [2.75, 3.05) is 0 Å². The van der Waals surface area contributed by atoms with Crippen LogP contribution in [0.1, 0.15) is 0 Å². The van der Waals surface area contributed by atoms with Crippen molar-refractivity contribution >= 4 is 5.97 Å². The summed E-state index contributed by atoms with van der Waals surface area (Å²) >= 11 is 0. The van der Waals surface area contributed by atoms with Crippen LogP contribution in [0.3, 0.4) is 0 Å². The zero-order chi connectivity index (χ0) is 8.59. The largest absolute Gasteiger partial charge is 0.240 e. The van der Waals surface area contributed by atoms with Gasteiger partial charge in [-0.1, -0.05) is 0 Å². The molecule has 11 heavy (non-hydrogen) atoms. The lowest BCUT2D eigenvalue weighted by Crippen LogP contribution is -2.42. The van der Waals surface area contributed by atoms with Crippen molar-refractivity contribution in [2.24, 2.45) is 4.99 Å². The predicted molar refractivity (Wildman–Crippen MR) is 28.1 cm³/mol. The third-order valence-electron chi connectivity index (χ3n) is 1.32. The summed E-state index contributed by atoms with van der Waals surface area (Å²) in [5.74, 6) is -1.82. The lowest BCUT2D eigenvalue weighted by molar-refractivity contribution is 0.0397. The quantitative estimate of drug-likeness (QED) is 0.390. The van der Waals surface area contributed by atoms with Crippen molar-refractivity contribution in [3.63, 3.8) is 0 Å². The average molecular weight is 173 g/mol. The Morgan fingerprint density at radius 1 is 1.00 bits per heavy atom. The molecule has 0 aromatic heterocycles. The number of rotatable bonds is 0. The SMILES string of the molecule is FC1=NC(F)C(F)C(F)C1F. The van der Waals surface area contributed by atoms with Crippen LogP contribution in [0.4, 0.5) is 22.0 Å². The van der Waals surface area contributed by atoms with Gasteiger partial charge in [0, 0.05) is 0 Å². The van der Waals surface area contributed by atoms with E-state index in [1.165, 1.54) is 0 Å². The van der Waals surface area contributed by atoms with E-state index in [1.54, 1.807) is 0 Å². The first-order valence-electron chi connectivity index (χ1n) is 2.83. The summed E-state index contributed by atoms with van der Waals surface area (Å²) in [4.78, 5) is 2.29. The van der Waals surface area contributed by atoms with Crippen LogP contribution in [0, 0.1) is 0 Å². The Labute approximate surface area is 58.9 Å². The molecule has 64 valence electrons. The fourth-order valence-corrected chi connectivity index (χ4v) is 0.705. The molecule has 0 amide bonds. The molecular formula is C5H4F5N. The lowest BCUT2D eigenvalue weighted by Gasteiger charge is -2.21. The molecule has 1 aliphatic heterocycles. The van der Waals surface area contributed by atoms with Gasteiger partial charge in [-0.05, 0) is 0 Å². The van der Waals surface area contributed by atoms with E-state index in [0.29, 0.717) is 0 Å². The van der Waals surface area contributed by atoms with E-state index in [1.807, 2.05) is 0 Å². The van der Waals surface area contributed by atoms with Crippen molar-refractivity contribution < 1.29 is 22.0 Å². The van der Waals surface area contributed by atoms with Gasteiger partial charge in [-0.15, -0.1) is 0 Å². The van der Waals surface area contributed by atoms with Gasteiger partial charge < -0.3 is 0 Å². The van der Waals surface area contributed by atoms with Crippen LogP contribution < -0.4 is 0 Å². The van der Waals surface area contributed by atoms with Gasteiger partial charge in [0.1, 0.15) is 0 Å². The second-order valence-electron chi connectivity index (χ2n) is 2.12. The van der Waals surface area contributed by atoms with Gasteiger partial charge in [0.2, 0.25) is 18.4 Å². The molecule has 0 radical (unpaired) electrons. The molecule has 0 saturated heterocycles. The number of halogens is 5. The number of hydrogen-bond donors (Lipinski definition) is 0. The highest BCUT2D eigenvalue weighted by molar-refractivity contribution is 5.81. The molecule has 1 aliphatic rings. The standard InChI is InChI=1S/C5H4F5N/c6-1-2(7)4(9)11-5(10)3(1)8/h1-4H. The molecule has 0 saturated carbocycles. The summed E-state index contributed by atoms with van der Waals surface area (Å²) in [6, 6.07) is 0. The Hall–Kier alpha value is -0.680. The zero-order valence-electron chi connectivity index (χ0n) is 5.15. The number of nitrogens with zero attached hydrogens (tertiary/aromatic N) is 1. The van der Waals surface area contributed by atoms with Crippen LogP contribution in [-0.4, -0.2) is 30.8 Å². The van der Waals surface area contributed by atoms with Crippen LogP contribution in [0.5, 0.6) is 0 Å². The first-order valence-corrected chi connectivity index (χ1v) is 2.83. The van der Waals surface area contributed by atoms with Gasteiger partial charge in [-0.3, -0.25) is 0 Å². The Kier molecular flexibility index (Phi) is 2.10. The fraction of sp³-hybridized carbons (Fsp3) is 0.800. The third kappa shape index (κ3) is 1.34. The van der Waals surface area contributed by atoms with Crippen LogP contribution in [-0.2, 0) is 0 Å². The minimum Gasteiger partial charge on any atom is -0.240 e. The first kappa shape index (κ1) is 8.42. The minimum absolute atomic E-state index is 1.82. The minimum atomic E-state index is -2.79. The molecule has 0 aromatic rings. The molecule has 0 aliphatic carbocycles. The Bertz CT molecular complexity index is 182. The first-order chi connectivity index (χ1) is 5.04. The molecule has 0 bridgehead atoms. The van der Waals surface area contributed by atoms with Gasteiger partial charge in [0.25, 0.3) is 0 Å². The summed E-state index contributed by atoms with van der Waals surface area (Å²) in [5, 5.41) is 0. The fourth-order valence-electron chi connectivity index (χ4n) is 0.705. The molecular weight excluding hydrogens is 169 g/mol. The summed E-state index contributed by atoms with van der Waals surface area (Å²) in [6.07, 6.45) is -10.9. The van der Waals surface area contributed by atoms with Crippen LogP contribution >= 0.6 is 0 Å². The van der Waals surface area contributed by atoms with Gasteiger partial charge in [0.05, 0.1) is 0 Å². The molecule has 0 N–H and O–H groups in total. The van der Waals surface area contributed by atoms with Gasteiger partial charge in [-0.2, -0.15) is 4.39 Å². The Morgan fingerprint density at radius 2 is 1.55 bits per heavy atom. The molecule has 0 spiro atoms. The molecule has 1 nitrogen and oxygen atoms in total. The molecule has 1 rings (SSSR count). The van der Waals surface area contributed by atoms with E-state index >= 15 is 0 Å². The number of hydrogen-bond acceptors (Lipinski definition) is 1. The summed E-state index contributed by atoms with van der Waals surface area (Å²) in [6.45, 7) is 0. The second-order valence-corrected chi connectivity index (χ2v) is 2.12. The maximum atomic E-state index is 12.2. The van der Waals surface area contributed by atoms with E-state index in [-0.39, 0.29) is 0 Å². The van der Waals surface area contributed by atoms with Crippen LogP contribution in [0.25, 0.3) is 0 Å². The molecule has 0 fully saturated rings. The Balaban J connectivity index is 2.83. The highest BCUT2D eigenvalue weighted by Gasteiger charge is 2.43. The van der Waals surface area contributed by atoms with E-state index in [0.717, 1.165) is 0 Å².